The fourth-order valence-corrected chi connectivity index (χ4v) is 3.40. The normalized spacial score (nSPS) is 16.4. The van der Waals surface area contributed by atoms with Gasteiger partial charge in [0.25, 0.3) is 0 Å². The van der Waals surface area contributed by atoms with Crippen molar-refractivity contribution >= 4 is 17.7 Å². The number of ether oxygens (including phenoxy) is 1. The summed E-state index contributed by atoms with van der Waals surface area (Å²) in [5.74, 6) is 1.07. The molecule has 1 aromatic heterocycles. The average Bonchev–Trinajstić information content (AvgIpc) is 2.41. The van der Waals surface area contributed by atoms with E-state index in [2.05, 4.69) is 4.98 Å². The van der Waals surface area contributed by atoms with E-state index in [-0.39, 0.29) is 5.97 Å². The van der Waals surface area contributed by atoms with Crippen LogP contribution in [0.4, 0.5) is 0 Å². The molecule has 98 valence electrons. The van der Waals surface area contributed by atoms with Crippen molar-refractivity contribution < 1.29 is 9.53 Å². The minimum atomic E-state index is -0.183. The zero-order valence-corrected chi connectivity index (χ0v) is 11.3. The smallest absolute Gasteiger partial charge is 0.313 e. The first-order valence-corrected chi connectivity index (χ1v) is 7.63. The van der Waals surface area contributed by atoms with Gasteiger partial charge in [-0.05, 0) is 18.9 Å². The molecule has 3 nitrogen and oxygen atoms in total. The van der Waals surface area contributed by atoms with E-state index in [0.717, 1.165) is 11.0 Å². The average molecular weight is 265 g/mol. The van der Waals surface area contributed by atoms with Gasteiger partial charge >= 0.3 is 5.97 Å². The van der Waals surface area contributed by atoms with Crippen molar-refractivity contribution in [2.75, 3.05) is 5.75 Å². The van der Waals surface area contributed by atoms with Crippen LogP contribution < -0.4 is 4.74 Å². The highest BCUT2D eigenvalue weighted by Crippen LogP contribution is 2.28. The fourth-order valence-electron chi connectivity index (χ4n) is 2.12. The van der Waals surface area contributed by atoms with Gasteiger partial charge in [-0.25, -0.2) is 4.98 Å². The summed E-state index contributed by atoms with van der Waals surface area (Å²) in [5.41, 5.74) is 0. The summed E-state index contributed by atoms with van der Waals surface area (Å²) < 4.78 is 5.14. The predicted molar refractivity (Wildman–Crippen MR) is 73.8 cm³/mol. The van der Waals surface area contributed by atoms with Crippen LogP contribution in [-0.4, -0.2) is 22.0 Å². The summed E-state index contributed by atoms with van der Waals surface area (Å²) >= 11 is 1.92. The van der Waals surface area contributed by atoms with Gasteiger partial charge in [0.2, 0.25) is 5.88 Å². The number of hydrogen-bond donors (Lipinski definition) is 0. The Kier molecular flexibility index (Phi) is 5.52. The second-order valence-corrected chi connectivity index (χ2v) is 5.93. The molecule has 18 heavy (non-hydrogen) atoms. The predicted octanol–water partition coefficient (Wildman–Crippen LogP) is 3.44. The first-order valence-electron chi connectivity index (χ1n) is 6.58. The van der Waals surface area contributed by atoms with E-state index in [0.29, 0.717) is 12.3 Å². The first kappa shape index (κ1) is 13.4. The second-order valence-electron chi connectivity index (χ2n) is 4.52. The van der Waals surface area contributed by atoms with Crippen LogP contribution in [0.1, 0.15) is 38.5 Å². The highest BCUT2D eigenvalue weighted by atomic mass is 32.2. The van der Waals surface area contributed by atoms with Gasteiger partial charge in [-0.3, -0.25) is 4.79 Å². The molecule has 4 heteroatoms. The quantitative estimate of drug-likeness (QED) is 0.764. The Hall–Kier alpha value is -1.03. The van der Waals surface area contributed by atoms with Gasteiger partial charge in [0.05, 0.1) is 6.42 Å². The largest absolute Gasteiger partial charge is 0.407 e. The Morgan fingerprint density at radius 2 is 2.17 bits per heavy atom. The van der Waals surface area contributed by atoms with Crippen LogP contribution in [0.2, 0.25) is 0 Å². The molecule has 0 atom stereocenters. The van der Waals surface area contributed by atoms with Crippen LogP contribution in [0.15, 0.2) is 24.4 Å². The van der Waals surface area contributed by atoms with Gasteiger partial charge in [0, 0.05) is 23.3 Å². The van der Waals surface area contributed by atoms with Gasteiger partial charge in [0.15, 0.2) is 0 Å². The highest BCUT2D eigenvalue weighted by molar-refractivity contribution is 7.99. The number of rotatable bonds is 5. The number of nitrogens with zero attached hydrogens (tertiary/aromatic N) is 1. The van der Waals surface area contributed by atoms with Crippen LogP contribution in [0.25, 0.3) is 0 Å². The minimum Gasteiger partial charge on any atom is -0.407 e. The maximum absolute atomic E-state index is 11.6. The van der Waals surface area contributed by atoms with Crippen molar-refractivity contribution in [3.63, 3.8) is 0 Å². The lowest BCUT2D eigenvalue weighted by atomic mass is 10.0. The van der Waals surface area contributed by atoms with Crippen LogP contribution in [0.3, 0.4) is 0 Å². The van der Waals surface area contributed by atoms with Crippen LogP contribution in [-0.2, 0) is 4.79 Å². The SMILES string of the molecule is O=C(CCSC1CCCCC1)Oc1ccccn1. The number of hydrogen-bond acceptors (Lipinski definition) is 4. The third-order valence-electron chi connectivity index (χ3n) is 3.07. The van der Waals surface area contributed by atoms with Crippen LogP contribution in [0.5, 0.6) is 5.88 Å². The highest BCUT2D eigenvalue weighted by Gasteiger charge is 2.14. The molecule has 0 unspecified atom stereocenters. The zero-order chi connectivity index (χ0) is 12.6. The Bertz CT molecular complexity index is 363. The Labute approximate surface area is 112 Å². The lowest BCUT2D eigenvalue weighted by Crippen LogP contribution is -2.13. The number of carbonyl (C=O) groups is 1. The molecule has 1 saturated carbocycles. The Balaban J connectivity index is 1.62. The summed E-state index contributed by atoms with van der Waals surface area (Å²) in [7, 11) is 0. The summed E-state index contributed by atoms with van der Waals surface area (Å²) in [6.45, 7) is 0. The molecule has 1 aliphatic rings. The van der Waals surface area contributed by atoms with Crippen molar-refractivity contribution in [3.05, 3.63) is 24.4 Å². The molecule has 1 fully saturated rings. The second kappa shape index (κ2) is 7.41. The summed E-state index contributed by atoms with van der Waals surface area (Å²) in [4.78, 5) is 15.5. The molecule has 1 aromatic rings. The van der Waals surface area contributed by atoms with Crippen molar-refractivity contribution in [1.29, 1.82) is 0 Å². The zero-order valence-electron chi connectivity index (χ0n) is 10.5. The molecule has 0 amide bonds. The van der Waals surface area contributed by atoms with E-state index in [9.17, 15) is 4.79 Å². The van der Waals surface area contributed by atoms with Crippen molar-refractivity contribution in [1.82, 2.24) is 4.98 Å². The topological polar surface area (TPSA) is 39.2 Å². The van der Waals surface area contributed by atoms with E-state index < -0.39 is 0 Å². The number of esters is 1. The molecular weight excluding hydrogens is 246 g/mol. The number of thioether (sulfide) groups is 1. The van der Waals surface area contributed by atoms with E-state index in [1.165, 1.54) is 32.1 Å². The van der Waals surface area contributed by atoms with Gasteiger partial charge in [-0.2, -0.15) is 11.8 Å². The van der Waals surface area contributed by atoms with E-state index in [1.807, 2.05) is 17.8 Å². The third kappa shape index (κ3) is 4.69. The van der Waals surface area contributed by atoms with E-state index in [4.69, 9.17) is 4.74 Å². The molecule has 0 radical (unpaired) electrons. The van der Waals surface area contributed by atoms with Gasteiger partial charge < -0.3 is 4.74 Å². The minimum absolute atomic E-state index is 0.183. The standard InChI is InChI=1S/C14H19NO2S/c16-14(17-13-8-4-5-10-15-13)9-11-18-12-6-2-1-3-7-12/h4-5,8,10,12H,1-3,6-7,9,11H2. The molecular formula is C14H19NO2S. The van der Waals surface area contributed by atoms with Gasteiger partial charge in [0.1, 0.15) is 0 Å². The fraction of sp³-hybridized carbons (Fsp3) is 0.571. The number of aromatic nitrogens is 1. The molecule has 1 aliphatic carbocycles. The molecule has 0 spiro atoms. The lowest BCUT2D eigenvalue weighted by Gasteiger charge is -2.20. The van der Waals surface area contributed by atoms with Gasteiger partial charge in [-0.15, -0.1) is 0 Å². The molecule has 2 rings (SSSR count). The summed E-state index contributed by atoms with van der Waals surface area (Å²) in [6, 6.07) is 5.31. The van der Waals surface area contributed by atoms with Crippen molar-refractivity contribution in [2.24, 2.45) is 0 Å². The molecule has 0 N–H and O–H groups in total. The van der Waals surface area contributed by atoms with Crippen LogP contribution >= 0.6 is 11.8 Å². The molecule has 0 aromatic carbocycles. The maximum Gasteiger partial charge on any atom is 0.313 e. The maximum atomic E-state index is 11.6. The summed E-state index contributed by atoms with van der Waals surface area (Å²) in [5, 5.41) is 0.751. The summed E-state index contributed by atoms with van der Waals surface area (Å²) in [6.07, 6.45) is 8.77. The molecule has 0 bridgehead atoms. The lowest BCUT2D eigenvalue weighted by molar-refractivity contribution is -0.134. The Morgan fingerprint density at radius 1 is 1.33 bits per heavy atom. The van der Waals surface area contributed by atoms with Crippen molar-refractivity contribution in [2.45, 2.75) is 43.8 Å². The molecule has 1 heterocycles. The van der Waals surface area contributed by atoms with E-state index in [1.54, 1.807) is 18.3 Å². The third-order valence-corrected chi connectivity index (χ3v) is 4.45. The number of carbonyl (C=O) groups excluding carboxylic acids is 1. The van der Waals surface area contributed by atoms with Crippen molar-refractivity contribution in [3.8, 4) is 5.88 Å². The van der Waals surface area contributed by atoms with E-state index >= 15 is 0 Å². The van der Waals surface area contributed by atoms with Crippen LogP contribution in [0, 0.1) is 0 Å². The number of pyridine rings is 1. The molecule has 0 aliphatic heterocycles. The molecule has 0 saturated heterocycles. The monoisotopic (exact) mass is 265 g/mol. The Morgan fingerprint density at radius 3 is 2.89 bits per heavy atom. The first-order chi connectivity index (χ1) is 8.84. The van der Waals surface area contributed by atoms with Gasteiger partial charge in [-0.1, -0.05) is 25.3 Å².